The number of aliphatic hydroxyl groups is 1. The van der Waals surface area contributed by atoms with Crippen molar-refractivity contribution in [3.05, 3.63) is 89.1 Å². The zero-order valence-corrected chi connectivity index (χ0v) is 16.3. The van der Waals surface area contributed by atoms with Crippen molar-refractivity contribution in [1.82, 2.24) is 4.90 Å². The van der Waals surface area contributed by atoms with E-state index < -0.39 is 6.10 Å². The highest BCUT2D eigenvalue weighted by molar-refractivity contribution is 5.38. The van der Waals surface area contributed by atoms with Gasteiger partial charge in [-0.2, -0.15) is 0 Å². The third-order valence-electron chi connectivity index (χ3n) is 4.71. The Hall–Kier alpha value is -2.63. The Morgan fingerprint density at radius 3 is 2.64 bits per heavy atom. The molecule has 0 saturated carbocycles. The maximum absolute atomic E-state index is 13.5. The summed E-state index contributed by atoms with van der Waals surface area (Å²) in [6.45, 7) is 5.61. The number of aliphatic hydroxyl groups excluding tert-OH is 1. The summed E-state index contributed by atoms with van der Waals surface area (Å²) in [5.41, 5.74) is 3.06. The van der Waals surface area contributed by atoms with Crippen LogP contribution in [0.2, 0.25) is 0 Å². The molecule has 148 valence electrons. The van der Waals surface area contributed by atoms with Gasteiger partial charge in [-0.3, -0.25) is 4.90 Å². The molecule has 1 unspecified atom stereocenters. The molecule has 0 aliphatic carbocycles. The van der Waals surface area contributed by atoms with E-state index in [2.05, 4.69) is 0 Å². The summed E-state index contributed by atoms with van der Waals surface area (Å²) in [7, 11) is 0. The summed E-state index contributed by atoms with van der Waals surface area (Å²) < 4.78 is 24.8. The van der Waals surface area contributed by atoms with Crippen molar-refractivity contribution in [2.75, 3.05) is 13.2 Å². The maximum atomic E-state index is 13.5. The van der Waals surface area contributed by atoms with E-state index in [-0.39, 0.29) is 12.4 Å². The summed E-state index contributed by atoms with van der Waals surface area (Å²) in [6.07, 6.45) is 0.930. The Morgan fingerprint density at radius 1 is 1.07 bits per heavy atom. The molecule has 4 nitrogen and oxygen atoms in total. The molecular weight excluding hydrogens is 357 g/mol. The number of furan rings is 1. The second-order valence-corrected chi connectivity index (χ2v) is 7.04. The average Bonchev–Trinajstić information content (AvgIpc) is 3.16. The third-order valence-corrected chi connectivity index (χ3v) is 4.71. The second kappa shape index (κ2) is 9.53. The molecule has 0 spiro atoms. The normalized spacial score (nSPS) is 12.3. The number of benzene rings is 2. The van der Waals surface area contributed by atoms with Crippen LogP contribution in [0, 0.1) is 19.7 Å². The van der Waals surface area contributed by atoms with Crippen LogP contribution in [0.4, 0.5) is 4.39 Å². The Labute approximate surface area is 165 Å². The van der Waals surface area contributed by atoms with Gasteiger partial charge >= 0.3 is 0 Å². The lowest BCUT2D eigenvalue weighted by molar-refractivity contribution is 0.0602. The summed E-state index contributed by atoms with van der Waals surface area (Å²) in [5, 5.41) is 10.5. The fourth-order valence-electron chi connectivity index (χ4n) is 3.12. The largest absolute Gasteiger partial charge is 0.491 e. The minimum atomic E-state index is -0.691. The van der Waals surface area contributed by atoms with Crippen LogP contribution in [0.1, 0.15) is 22.5 Å². The van der Waals surface area contributed by atoms with Crippen LogP contribution >= 0.6 is 0 Å². The Morgan fingerprint density at radius 2 is 1.89 bits per heavy atom. The molecule has 1 N–H and O–H groups in total. The monoisotopic (exact) mass is 383 g/mol. The highest BCUT2D eigenvalue weighted by atomic mass is 19.1. The minimum absolute atomic E-state index is 0.183. The molecule has 1 atom stereocenters. The molecule has 2 aromatic carbocycles. The maximum Gasteiger partial charge on any atom is 0.123 e. The average molecular weight is 383 g/mol. The number of aryl methyl sites for hydroxylation is 1. The molecule has 0 amide bonds. The molecule has 3 aromatic rings. The smallest absolute Gasteiger partial charge is 0.123 e. The number of halogens is 1. The van der Waals surface area contributed by atoms with Gasteiger partial charge in [0.15, 0.2) is 0 Å². The lowest BCUT2D eigenvalue weighted by Crippen LogP contribution is -2.35. The first kappa shape index (κ1) is 20.1. The number of hydrogen-bond acceptors (Lipinski definition) is 4. The van der Waals surface area contributed by atoms with Crippen LogP contribution in [0.15, 0.2) is 65.3 Å². The van der Waals surface area contributed by atoms with Gasteiger partial charge in [0.05, 0.1) is 12.8 Å². The molecule has 0 saturated heterocycles. The SMILES string of the molecule is Cc1cccc(OCC(O)CN(Cc2cccc(F)c2)Cc2ccco2)c1C. The van der Waals surface area contributed by atoms with Crippen molar-refractivity contribution in [1.29, 1.82) is 0 Å². The fourth-order valence-corrected chi connectivity index (χ4v) is 3.12. The predicted molar refractivity (Wildman–Crippen MR) is 107 cm³/mol. The first-order valence-electron chi connectivity index (χ1n) is 9.37. The number of hydrogen-bond donors (Lipinski definition) is 1. The van der Waals surface area contributed by atoms with Gasteiger partial charge in [0.1, 0.15) is 30.0 Å². The second-order valence-electron chi connectivity index (χ2n) is 7.04. The molecule has 0 aliphatic heterocycles. The quantitative estimate of drug-likeness (QED) is 0.592. The van der Waals surface area contributed by atoms with Crippen LogP contribution < -0.4 is 4.74 Å². The summed E-state index contributed by atoms with van der Waals surface area (Å²) in [5.74, 6) is 1.30. The van der Waals surface area contributed by atoms with Gasteiger partial charge in [-0.25, -0.2) is 4.39 Å². The predicted octanol–water partition coefficient (Wildman–Crippen LogP) is 4.48. The van der Waals surface area contributed by atoms with E-state index in [0.717, 1.165) is 28.2 Å². The van der Waals surface area contributed by atoms with Crippen molar-refractivity contribution in [3.8, 4) is 5.75 Å². The highest BCUT2D eigenvalue weighted by Gasteiger charge is 2.16. The molecular formula is C23H26FNO3. The van der Waals surface area contributed by atoms with Gasteiger partial charge < -0.3 is 14.3 Å². The Bertz CT molecular complexity index is 879. The van der Waals surface area contributed by atoms with Crippen molar-refractivity contribution >= 4 is 0 Å². The number of ether oxygens (including phenoxy) is 1. The molecule has 28 heavy (non-hydrogen) atoms. The molecule has 0 aliphatic rings. The van der Waals surface area contributed by atoms with Gasteiger partial charge in [-0.05, 0) is 60.9 Å². The van der Waals surface area contributed by atoms with Crippen LogP contribution in [-0.2, 0) is 13.1 Å². The number of nitrogens with zero attached hydrogens (tertiary/aromatic N) is 1. The van der Waals surface area contributed by atoms with Crippen molar-refractivity contribution < 1.29 is 18.7 Å². The van der Waals surface area contributed by atoms with Gasteiger partial charge in [-0.15, -0.1) is 0 Å². The van der Waals surface area contributed by atoms with Gasteiger partial charge in [0, 0.05) is 13.1 Å². The highest BCUT2D eigenvalue weighted by Crippen LogP contribution is 2.21. The first-order valence-corrected chi connectivity index (χ1v) is 9.37. The van der Waals surface area contributed by atoms with Crippen molar-refractivity contribution in [2.24, 2.45) is 0 Å². The molecule has 1 aromatic heterocycles. The van der Waals surface area contributed by atoms with E-state index in [9.17, 15) is 9.50 Å². The standard InChI is InChI=1S/C23H26FNO3/c1-17-6-3-10-23(18(17)2)28-16-21(26)14-25(15-22-9-5-11-27-22)13-19-7-4-8-20(24)12-19/h3-12,21,26H,13-16H2,1-2H3. The Kier molecular flexibility index (Phi) is 6.85. The van der Waals surface area contributed by atoms with E-state index in [1.165, 1.54) is 12.1 Å². The first-order chi connectivity index (χ1) is 13.5. The van der Waals surface area contributed by atoms with E-state index in [4.69, 9.17) is 9.15 Å². The topological polar surface area (TPSA) is 45.8 Å². The minimum Gasteiger partial charge on any atom is -0.491 e. The molecule has 0 radical (unpaired) electrons. The van der Waals surface area contributed by atoms with E-state index in [0.29, 0.717) is 19.6 Å². The lowest BCUT2D eigenvalue weighted by Gasteiger charge is -2.24. The van der Waals surface area contributed by atoms with Crippen LogP contribution in [0.3, 0.4) is 0 Å². The summed E-state index contributed by atoms with van der Waals surface area (Å²) >= 11 is 0. The zero-order chi connectivity index (χ0) is 19.9. The molecule has 1 heterocycles. The molecule has 0 fully saturated rings. The fraction of sp³-hybridized carbons (Fsp3) is 0.304. The molecule has 5 heteroatoms. The lowest BCUT2D eigenvalue weighted by atomic mass is 10.1. The van der Waals surface area contributed by atoms with Crippen LogP contribution in [0.5, 0.6) is 5.75 Å². The molecule has 3 rings (SSSR count). The Balaban J connectivity index is 1.63. The van der Waals surface area contributed by atoms with Crippen LogP contribution in [-0.4, -0.2) is 29.3 Å². The molecule has 0 bridgehead atoms. The van der Waals surface area contributed by atoms with Crippen molar-refractivity contribution in [2.45, 2.75) is 33.0 Å². The van der Waals surface area contributed by atoms with Gasteiger partial charge in [0.25, 0.3) is 0 Å². The third kappa shape index (κ3) is 5.68. The van der Waals surface area contributed by atoms with E-state index >= 15 is 0 Å². The number of rotatable bonds is 9. The van der Waals surface area contributed by atoms with Crippen molar-refractivity contribution in [3.63, 3.8) is 0 Å². The van der Waals surface area contributed by atoms with Crippen LogP contribution in [0.25, 0.3) is 0 Å². The van der Waals surface area contributed by atoms with E-state index in [1.54, 1.807) is 12.3 Å². The zero-order valence-electron chi connectivity index (χ0n) is 16.3. The van der Waals surface area contributed by atoms with E-state index in [1.807, 2.05) is 55.1 Å². The summed E-state index contributed by atoms with van der Waals surface area (Å²) in [6, 6.07) is 16.1. The summed E-state index contributed by atoms with van der Waals surface area (Å²) in [4.78, 5) is 2.02. The van der Waals surface area contributed by atoms with Gasteiger partial charge in [0.2, 0.25) is 0 Å². The van der Waals surface area contributed by atoms with Gasteiger partial charge in [-0.1, -0.05) is 24.3 Å².